The van der Waals surface area contributed by atoms with Gasteiger partial charge >= 0.3 is 5.97 Å². The minimum Gasteiger partial charge on any atom is -0.465 e. The van der Waals surface area contributed by atoms with E-state index in [0.29, 0.717) is 0 Å². The van der Waals surface area contributed by atoms with Crippen LogP contribution in [0.5, 0.6) is 0 Å². The predicted molar refractivity (Wildman–Crippen MR) is 85.1 cm³/mol. The molecule has 0 radical (unpaired) electrons. The molecule has 8 heteroatoms. The lowest BCUT2D eigenvalue weighted by Crippen LogP contribution is -2.38. The van der Waals surface area contributed by atoms with E-state index < -0.39 is 26.2 Å². The maximum absolute atomic E-state index is 12.6. The summed E-state index contributed by atoms with van der Waals surface area (Å²) in [5, 5.41) is -0.304. The summed E-state index contributed by atoms with van der Waals surface area (Å²) in [4.78, 5) is 15.5. The Hall–Kier alpha value is -1.12. The highest BCUT2D eigenvalue weighted by molar-refractivity contribution is 8.36. The van der Waals surface area contributed by atoms with Gasteiger partial charge in [0.15, 0.2) is 5.03 Å². The van der Waals surface area contributed by atoms with Gasteiger partial charge in [-0.3, -0.25) is 0 Å². The highest BCUT2D eigenvalue weighted by atomic mass is 32.3. The van der Waals surface area contributed by atoms with E-state index in [0.717, 1.165) is 0 Å². The molecule has 1 heterocycles. The second kappa shape index (κ2) is 5.94. The summed E-state index contributed by atoms with van der Waals surface area (Å²) >= 11 is 0. The average molecular weight is 334 g/mol. The molecular weight excluding hydrogens is 312 g/mol. The molecule has 0 aromatic carbocycles. The summed E-state index contributed by atoms with van der Waals surface area (Å²) in [6.07, 6.45) is 5.07. The number of nitrogens with one attached hydrogen (secondary N) is 1. The number of carbonyl (C=O) groups is 1. The molecule has 0 aliphatic rings. The first-order valence-corrected chi connectivity index (χ1v) is 10.2. The van der Waals surface area contributed by atoms with Gasteiger partial charge in [-0.2, -0.15) is 14.3 Å². The number of pyridine rings is 1. The molecule has 0 bridgehead atoms. The summed E-state index contributed by atoms with van der Waals surface area (Å²) in [5.74, 6) is -0.730. The van der Waals surface area contributed by atoms with Crippen molar-refractivity contribution in [3.8, 4) is 0 Å². The Morgan fingerprint density at radius 1 is 1.29 bits per heavy atom. The zero-order valence-electron chi connectivity index (χ0n) is 13.1. The van der Waals surface area contributed by atoms with Crippen LogP contribution in [0, 0.1) is 0 Å². The molecule has 21 heavy (non-hydrogen) atoms. The van der Waals surface area contributed by atoms with Crippen LogP contribution in [-0.4, -0.2) is 43.7 Å². The number of hydrogen-bond acceptors (Lipinski definition) is 5. The number of nitrogens with zero attached hydrogens (tertiary/aromatic N) is 1. The van der Waals surface area contributed by atoms with E-state index in [1.807, 2.05) is 33.3 Å². The van der Waals surface area contributed by atoms with Crippen LogP contribution in [-0.2, 0) is 14.8 Å². The molecule has 0 fully saturated rings. The van der Waals surface area contributed by atoms with Gasteiger partial charge in [-0.1, -0.05) is 20.8 Å². The van der Waals surface area contributed by atoms with Crippen molar-refractivity contribution in [2.45, 2.75) is 30.5 Å². The van der Waals surface area contributed by atoms with Crippen LogP contribution >= 0.6 is 10.2 Å². The summed E-state index contributed by atoms with van der Waals surface area (Å²) in [5.41, 5.74) is -0.0726. The van der Waals surface area contributed by atoms with Crippen LogP contribution in [0.4, 0.5) is 0 Å². The molecule has 0 unspecified atom stereocenters. The largest absolute Gasteiger partial charge is 0.465 e. The SMILES string of the molecule is COC(=O)c1cccnc1S(=O)(=O)NS(C)(C)C(C)(C)C. The number of carbonyl (C=O) groups excluding carboxylic acids is 1. The van der Waals surface area contributed by atoms with E-state index in [-0.39, 0.29) is 15.3 Å². The first-order valence-electron chi connectivity index (χ1n) is 6.22. The van der Waals surface area contributed by atoms with Crippen molar-refractivity contribution < 1.29 is 17.9 Å². The fourth-order valence-electron chi connectivity index (χ4n) is 1.31. The Balaban J connectivity index is 3.31. The molecule has 120 valence electrons. The average Bonchev–Trinajstić information content (AvgIpc) is 2.35. The molecule has 0 atom stereocenters. The molecule has 0 aliphatic carbocycles. The third kappa shape index (κ3) is 3.96. The third-order valence-corrected chi connectivity index (χ3v) is 9.72. The van der Waals surface area contributed by atoms with E-state index in [1.165, 1.54) is 25.4 Å². The molecule has 0 spiro atoms. The Labute approximate surface area is 127 Å². The lowest BCUT2D eigenvalue weighted by molar-refractivity contribution is 0.0595. The third-order valence-electron chi connectivity index (χ3n) is 3.28. The van der Waals surface area contributed by atoms with Crippen LogP contribution < -0.4 is 4.13 Å². The Morgan fingerprint density at radius 3 is 2.33 bits per heavy atom. The molecule has 0 aliphatic heterocycles. The Kier molecular flexibility index (Phi) is 5.07. The highest BCUT2D eigenvalue weighted by Gasteiger charge is 2.35. The van der Waals surface area contributed by atoms with Crippen molar-refractivity contribution in [2.75, 3.05) is 19.6 Å². The first kappa shape index (κ1) is 17.9. The van der Waals surface area contributed by atoms with Gasteiger partial charge in [-0.15, -0.1) is 0 Å². The Bertz CT molecular complexity index is 634. The zero-order chi connectivity index (χ0) is 16.5. The fourth-order valence-corrected chi connectivity index (χ4v) is 5.46. The Morgan fingerprint density at radius 2 is 1.86 bits per heavy atom. The number of ether oxygens (including phenoxy) is 1. The molecular formula is C13H22N2O4S2. The number of aromatic nitrogens is 1. The molecule has 1 aromatic rings. The molecule has 1 aromatic heterocycles. The maximum atomic E-state index is 12.6. The van der Waals surface area contributed by atoms with Gasteiger partial charge in [0.05, 0.1) is 12.7 Å². The zero-order valence-corrected chi connectivity index (χ0v) is 14.8. The van der Waals surface area contributed by atoms with Gasteiger partial charge in [0, 0.05) is 10.9 Å². The second-order valence-electron chi connectivity index (χ2n) is 5.87. The number of rotatable bonds is 4. The molecule has 6 nitrogen and oxygen atoms in total. The fraction of sp³-hybridized carbons (Fsp3) is 0.538. The van der Waals surface area contributed by atoms with Crippen LogP contribution in [0.25, 0.3) is 0 Å². The highest BCUT2D eigenvalue weighted by Crippen LogP contribution is 2.50. The minimum absolute atomic E-state index is 0.0726. The van der Waals surface area contributed by atoms with Gasteiger partial charge in [-0.25, -0.2) is 18.2 Å². The standard InChI is InChI=1S/C13H22N2O4S2/c1-13(2,3)20(5,6)15-21(17,18)11-10(12(16)19-4)8-7-9-14-11/h7-9,15H,1-6H3. The van der Waals surface area contributed by atoms with Crippen molar-refractivity contribution in [3.05, 3.63) is 23.9 Å². The normalized spacial score (nSPS) is 13.8. The lowest BCUT2D eigenvalue weighted by atomic mass is 10.3. The molecule has 1 N–H and O–H groups in total. The number of esters is 1. The smallest absolute Gasteiger partial charge is 0.340 e. The van der Waals surface area contributed by atoms with E-state index in [4.69, 9.17) is 0 Å². The van der Waals surface area contributed by atoms with Crippen LogP contribution in [0.1, 0.15) is 31.1 Å². The van der Waals surface area contributed by atoms with Crippen molar-refractivity contribution in [1.29, 1.82) is 0 Å². The van der Waals surface area contributed by atoms with Gasteiger partial charge in [0.1, 0.15) is 0 Å². The van der Waals surface area contributed by atoms with Crippen LogP contribution in [0.15, 0.2) is 23.4 Å². The summed E-state index contributed by atoms with van der Waals surface area (Å²) in [6.45, 7) is 5.89. The van der Waals surface area contributed by atoms with Crippen LogP contribution in [0.3, 0.4) is 0 Å². The molecule has 1 rings (SSSR count). The van der Waals surface area contributed by atoms with Gasteiger partial charge in [0.25, 0.3) is 10.0 Å². The topological polar surface area (TPSA) is 85.4 Å². The van der Waals surface area contributed by atoms with E-state index in [1.54, 1.807) is 0 Å². The summed E-state index contributed by atoms with van der Waals surface area (Å²) in [7, 11) is -4.40. The maximum Gasteiger partial charge on any atom is 0.340 e. The second-order valence-corrected chi connectivity index (χ2v) is 11.8. The first-order chi connectivity index (χ1) is 9.42. The van der Waals surface area contributed by atoms with Crippen molar-refractivity contribution >= 4 is 26.2 Å². The molecule has 0 amide bonds. The number of sulfonamides is 1. The monoisotopic (exact) mass is 334 g/mol. The van der Waals surface area contributed by atoms with Gasteiger partial charge in [0.2, 0.25) is 0 Å². The van der Waals surface area contributed by atoms with E-state index in [2.05, 4.69) is 13.8 Å². The van der Waals surface area contributed by atoms with Crippen molar-refractivity contribution in [1.82, 2.24) is 9.11 Å². The quantitative estimate of drug-likeness (QED) is 0.850. The number of hydrogen-bond donors (Lipinski definition) is 1. The molecule has 0 saturated carbocycles. The number of methoxy groups -OCH3 is 1. The van der Waals surface area contributed by atoms with E-state index >= 15 is 0 Å². The van der Waals surface area contributed by atoms with Crippen LogP contribution in [0.2, 0.25) is 0 Å². The lowest BCUT2D eigenvalue weighted by Gasteiger charge is -2.44. The van der Waals surface area contributed by atoms with Gasteiger partial charge < -0.3 is 4.74 Å². The predicted octanol–water partition coefficient (Wildman–Crippen LogP) is 1.92. The van der Waals surface area contributed by atoms with E-state index in [9.17, 15) is 13.2 Å². The minimum atomic E-state index is -3.91. The molecule has 0 saturated heterocycles. The van der Waals surface area contributed by atoms with Crippen molar-refractivity contribution in [2.24, 2.45) is 0 Å². The summed E-state index contributed by atoms with van der Waals surface area (Å²) in [6, 6.07) is 2.87. The summed E-state index contributed by atoms with van der Waals surface area (Å²) < 4.78 is 32.2. The van der Waals surface area contributed by atoms with Crippen molar-refractivity contribution in [3.63, 3.8) is 0 Å². The van der Waals surface area contributed by atoms with Gasteiger partial charge in [-0.05, 0) is 24.6 Å².